The number of carbonyl (C=O) groups is 1. The van der Waals surface area contributed by atoms with Gasteiger partial charge in [0.15, 0.2) is 0 Å². The topological polar surface area (TPSA) is 77.6 Å². The number of fused-ring (bicyclic) bond motifs is 3. The molecule has 2 heterocycles. The summed E-state index contributed by atoms with van der Waals surface area (Å²) >= 11 is 0. The number of nitrogens with one attached hydrogen (secondary N) is 1. The van der Waals surface area contributed by atoms with Gasteiger partial charge in [-0.25, -0.2) is 4.52 Å². The van der Waals surface area contributed by atoms with Crippen LogP contribution in [0.2, 0.25) is 0 Å². The number of hydrogen-bond donors (Lipinski definition) is 1. The number of amides is 1. The Bertz CT molecular complexity index is 1380. The van der Waals surface area contributed by atoms with Gasteiger partial charge in [0.05, 0.1) is 25.4 Å². The maximum absolute atomic E-state index is 13.2. The molecule has 0 fully saturated rings. The van der Waals surface area contributed by atoms with Crippen LogP contribution in [-0.4, -0.2) is 27.2 Å². The van der Waals surface area contributed by atoms with Crippen molar-refractivity contribution in [2.24, 2.45) is 0 Å². The van der Waals surface area contributed by atoms with Crippen LogP contribution in [0.4, 0.5) is 0 Å². The summed E-state index contributed by atoms with van der Waals surface area (Å²) in [5.74, 6) is 0.642. The first-order chi connectivity index (χ1) is 16.5. The quantitative estimate of drug-likeness (QED) is 0.477. The van der Waals surface area contributed by atoms with E-state index in [1.54, 1.807) is 34.5 Å². The lowest BCUT2D eigenvalue weighted by atomic mass is 9.97. The van der Waals surface area contributed by atoms with Gasteiger partial charge in [0.2, 0.25) is 0 Å². The number of methoxy groups -OCH3 is 1. The average Bonchev–Trinajstić information content (AvgIpc) is 3.25. The van der Waals surface area contributed by atoms with Gasteiger partial charge >= 0.3 is 0 Å². The Hall–Kier alpha value is -3.87. The molecular formula is C27H28N4O3. The molecule has 1 amide bonds. The van der Waals surface area contributed by atoms with Crippen LogP contribution in [0, 0.1) is 0 Å². The zero-order valence-electron chi connectivity index (χ0n) is 19.5. The molecule has 1 aliphatic rings. The highest BCUT2D eigenvalue weighted by Gasteiger charge is 2.19. The summed E-state index contributed by atoms with van der Waals surface area (Å²) in [5.41, 5.74) is 5.37. The molecule has 1 atom stereocenters. The standard InChI is InChI=1S/C27H28N4O3/c1-18(20-11-13-22(34-2)14-12-20)28-26(32)21-9-7-19(8-10-21)17-30-15-16-31-25(27(30)33)23-5-3-4-6-24(23)29-31/h7-16,18H,3-6,17H2,1-2H3,(H,28,32)/t18-/m1/s1. The highest BCUT2D eigenvalue weighted by molar-refractivity contribution is 5.94. The Balaban J connectivity index is 1.29. The van der Waals surface area contributed by atoms with Crippen LogP contribution in [0.5, 0.6) is 5.75 Å². The Morgan fingerprint density at radius 1 is 1.06 bits per heavy atom. The van der Waals surface area contributed by atoms with Crippen molar-refractivity contribution >= 4 is 11.4 Å². The van der Waals surface area contributed by atoms with Crippen molar-refractivity contribution in [3.8, 4) is 5.75 Å². The molecule has 0 aliphatic heterocycles. The van der Waals surface area contributed by atoms with Crippen LogP contribution in [0.3, 0.4) is 0 Å². The lowest BCUT2D eigenvalue weighted by Crippen LogP contribution is -2.26. The Morgan fingerprint density at radius 2 is 1.79 bits per heavy atom. The van der Waals surface area contributed by atoms with Gasteiger partial charge in [0, 0.05) is 23.5 Å². The molecule has 7 nitrogen and oxygen atoms in total. The maximum atomic E-state index is 13.2. The summed E-state index contributed by atoms with van der Waals surface area (Å²) in [6, 6.07) is 14.9. The zero-order chi connectivity index (χ0) is 23.7. The van der Waals surface area contributed by atoms with Crippen molar-refractivity contribution in [3.63, 3.8) is 0 Å². The molecule has 0 saturated heterocycles. The van der Waals surface area contributed by atoms with Crippen molar-refractivity contribution in [2.75, 3.05) is 7.11 Å². The van der Waals surface area contributed by atoms with Crippen molar-refractivity contribution in [1.82, 2.24) is 19.5 Å². The Kier molecular flexibility index (Phi) is 5.92. The van der Waals surface area contributed by atoms with E-state index in [0.717, 1.165) is 53.8 Å². The van der Waals surface area contributed by atoms with Gasteiger partial charge in [-0.3, -0.25) is 9.59 Å². The molecular weight excluding hydrogens is 428 g/mol. The average molecular weight is 457 g/mol. The van der Waals surface area contributed by atoms with Crippen LogP contribution in [0.1, 0.15) is 58.5 Å². The fraction of sp³-hybridized carbons (Fsp3) is 0.296. The fourth-order valence-corrected chi connectivity index (χ4v) is 4.59. The molecule has 0 saturated carbocycles. The van der Waals surface area contributed by atoms with Gasteiger partial charge in [0.25, 0.3) is 11.5 Å². The molecule has 2 aromatic carbocycles. The molecule has 0 spiro atoms. The van der Waals surface area contributed by atoms with E-state index >= 15 is 0 Å². The second-order valence-electron chi connectivity index (χ2n) is 8.82. The van der Waals surface area contributed by atoms with Gasteiger partial charge in [-0.15, -0.1) is 0 Å². The van der Waals surface area contributed by atoms with Crippen LogP contribution in [0.15, 0.2) is 65.7 Å². The molecule has 5 rings (SSSR count). The molecule has 0 radical (unpaired) electrons. The number of rotatable bonds is 6. The van der Waals surface area contributed by atoms with E-state index in [-0.39, 0.29) is 17.5 Å². The Morgan fingerprint density at radius 3 is 2.53 bits per heavy atom. The minimum Gasteiger partial charge on any atom is -0.497 e. The van der Waals surface area contributed by atoms with Crippen LogP contribution >= 0.6 is 0 Å². The highest BCUT2D eigenvalue weighted by atomic mass is 16.5. The summed E-state index contributed by atoms with van der Waals surface area (Å²) in [4.78, 5) is 25.9. The van der Waals surface area contributed by atoms with Crippen molar-refractivity contribution in [2.45, 2.75) is 45.2 Å². The molecule has 0 bridgehead atoms. The molecule has 7 heteroatoms. The lowest BCUT2D eigenvalue weighted by Gasteiger charge is -2.15. The monoisotopic (exact) mass is 456 g/mol. The normalized spacial score (nSPS) is 13.9. The van der Waals surface area contributed by atoms with Gasteiger partial charge < -0.3 is 14.6 Å². The van der Waals surface area contributed by atoms with E-state index in [4.69, 9.17) is 4.74 Å². The molecule has 1 aliphatic carbocycles. The number of hydrogen-bond acceptors (Lipinski definition) is 4. The second kappa shape index (κ2) is 9.17. The van der Waals surface area contributed by atoms with Crippen LogP contribution in [0.25, 0.3) is 5.52 Å². The van der Waals surface area contributed by atoms with Gasteiger partial charge in [-0.05, 0) is 68.0 Å². The SMILES string of the molecule is COc1ccc([C@@H](C)NC(=O)c2ccc(Cn3ccn4nc5c(c4c3=O)CCCC5)cc2)cc1. The first kappa shape index (κ1) is 21.9. The fourth-order valence-electron chi connectivity index (χ4n) is 4.59. The maximum Gasteiger partial charge on any atom is 0.277 e. The lowest BCUT2D eigenvalue weighted by molar-refractivity contribution is 0.0940. The minimum atomic E-state index is -0.139. The highest BCUT2D eigenvalue weighted by Crippen LogP contribution is 2.23. The molecule has 0 unspecified atom stereocenters. The molecule has 1 N–H and O–H groups in total. The molecule has 2 aromatic heterocycles. The number of nitrogens with zero attached hydrogens (tertiary/aromatic N) is 3. The van der Waals surface area contributed by atoms with Crippen LogP contribution < -0.4 is 15.6 Å². The number of ether oxygens (including phenoxy) is 1. The van der Waals surface area contributed by atoms with Gasteiger partial charge in [-0.2, -0.15) is 5.10 Å². The predicted octanol–water partition coefficient (Wildman–Crippen LogP) is 3.92. The summed E-state index contributed by atoms with van der Waals surface area (Å²) in [7, 11) is 1.63. The number of aryl methyl sites for hydroxylation is 2. The third kappa shape index (κ3) is 4.21. The molecule has 34 heavy (non-hydrogen) atoms. The number of carbonyl (C=O) groups excluding carboxylic acids is 1. The summed E-state index contributed by atoms with van der Waals surface area (Å²) in [6.07, 6.45) is 7.73. The first-order valence-corrected chi connectivity index (χ1v) is 11.7. The van der Waals surface area contributed by atoms with Gasteiger partial charge in [0.1, 0.15) is 11.3 Å². The van der Waals surface area contributed by atoms with E-state index in [1.807, 2.05) is 49.5 Å². The Labute approximate surface area is 198 Å². The third-order valence-corrected chi connectivity index (χ3v) is 6.57. The van der Waals surface area contributed by atoms with Crippen molar-refractivity contribution in [1.29, 1.82) is 0 Å². The summed E-state index contributed by atoms with van der Waals surface area (Å²) < 4.78 is 8.63. The van der Waals surface area contributed by atoms with Crippen LogP contribution in [-0.2, 0) is 19.4 Å². The van der Waals surface area contributed by atoms with E-state index in [9.17, 15) is 9.59 Å². The number of aromatic nitrogens is 3. The third-order valence-electron chi connectivity index (χ3n) is 6.57. The van der Waals surface area contributed by atoms with Gasteiger partial charge in [-0.1, -0.05) is 24.3 Å². The smallest absolute Gasteiger partial charge is 0.277 e. The predicted molar refractivity (Wildman–Crippen MR) is 131 cm³/mol. The first-order valence-electron chi connectivity index (χ1n) is 11.7. The molecule has 174 valence electrons. The van der Waals surface area contributed by atoms with E-state index < -0.39 is 0 Å². The second-order valence-corrected chi connectivity index (χ2v) is 8.82. The van der Waals surface area contributed by atoms with E-state index in [0.29, 0.717) is 17.6 Å². The molecule has 4 aromatic rings. The number of benzene rings is 2. The summed E-state index contributed by atoms with van der Waals surface area (Å²) in [5, 5.41) is 7.63. The van der Waals surface area contributed by atoms with Crippen molar-refractivity contribution < 1.29 is 9.53 Å². The van der Waals surface area contributed by atoms with E-state index in [2.05, 4.69) is 10.4 Å². The largest absolute Gasteiger partial charge is 0.497 e. The minimum absolute atomic E-state index is 0.0201. The van der Waals surface area contributed by atoms with E-state index in [1.165, 1.54) is 0 Å². The van der Waals surface area contributed by atoms with Crippen molar-refractivity contribution in [3.05, 3.63) is 99.2 Å². The summed E-state index contributed by atoms with van der Waals surface area (Å²) in [6.45, 7) is 2.39. The zero-order valence-corrected chi connectivity index (χ0v) is 19.5.